The summed E-state index contributed by atoms with van der Waals surface area (Å²) in [4.78, 5) is 15.8. The standard InChI is InChI=1S/C48H34N4.C2H6/c1-48(2)41-25-11-9-23-37(41)39-29-40-38-24-10-12-26-43(38)52(44(40)30-42(39)48)47-50-45(35-21-13-19-33(27-35)31-15-5-3-6-16-31)49-46(51-47)36-22-14-20-34(28-36)32-17-7-4-8-18-32;1-2/h3-30H,1-2H3;1-2H3. The smallest absolute Gasteiger partial charge is 0.238 e. The Morgan fingerprint density at radius 1 is 0.389 bits per heavy atom. The van der Waals surface area contributed by atoms with Crippen molar-refractivity contribution >= 4 is 21.8 Å². The molecule has 1 aliphatic carbocycles. The summed E-state index contributed by atoms with van der Waals surface area (Å²) in [5, 5.41) is 2.35. The van der Waals surface area contributed by atoms with Crippen LogP contribution in [0.2, 0.25) is 0 Å². The molecule has 0 atom stereocenters. The number of benzene rings is 7. The van der Waals surface area contributed by atoms with Gasteiger partial charge in [0.15, 0.2) is 11.6 Å². The lowest BCUT2D eigenvalue weighted by molar-refractivity contribution is 0.661. The maximum absolute atomic E-state index is 5.30. The van der Waals surface area contributed by atoms with Crippen LogP contribution in [0.3, 0.4) is 0 Å². The molecule has 54 heavy (non-hydrogen) atoms. The van der Waals surface area contributed by atoms with Gasteiger partial charge in [-0.15, -0.1) is 0 Å². The minimum absolute atomic E-state index is 0.146. The van der Waals surface area contributed by atoms with Crippen LogP contribution in [0.25, 0.3) is 83.9 Å². The predicted octanol–water partition coefficient (Wildman–Crippen LogP) is 13.0. The van der Waals surface area contributed by atoms with Crippen LogP contribution in [0.5, 0.6) is 0 Å². The Bertz CT molecular complexity index is 2710. The van der Waals surface area contributed by atoms with E-state index in [9.17, 15) is 0 Å². The van der Waals surface area contributed by atoms with Gasteiger partial charge in [-0.3, -0.25) is 4.57 Å². The second kappa shape index (κ2) is 13.4. The van der Waals surface area contributed by atoms with Crippen LogP contribution < -0.4 is 0 Å². The third-order valence-electron chi connectivity index (χ3n) is 10.7. The number of para-hydroxylation sites is 1. The monoisotopic (exact) mass is 696 g/mol. The lowest BCUT2D eigenvalue weighted by atomic mass is 9.82. The fourth-order valence-corrected chi connectivity index (χ4v) is 8.04. The van der Waals surface area contributed by atoms with Gasteiger partial charge in [-0.1, -0.05) is 167 Å². The average Bonchev–Trinajstić information content (AvgIpc) is 3.69. The normalized spacial score (nSPS) is 12.6. The minimum atomic E-state index is -0.146. The fraction of sp³-hybridized carbons (Fsp3) is 0.100. The lowest BCUT2D eigenvalue weighted by Crippen LogP contribution is -2.15. The Morgan fingerprint density at radius 2 is 0.907 bits per heavy atom. The van der Waals surface area contributed by atoms with Crippen LogP contribution in [-0.4, -0.2) is 19.5 Å². The molecule has 2 heterocycles. The Kier molecular flexibility index (Phi) is 8.24. The van der Waals surface area contributed by atoms with E-state index in [0.717, 1.165) is 44.4 Å². The summed E-state index contributed by atoms with van der Waals surface area (Å²) < 4.78 is 2.24. The molecular formula is C50H40N4. The molecule has 10 rings (SSSR count). The molecule has 0 bridgehead atoms. The Balaban J connectivity index is 0.00000189. The molecule has 7 aromatic carbocycles. The Morgan fingerprint density at radius 3 is 1.54 bits per heavy atom. The van der Waals surface area contributed by atoms with E-state index in [1.165, 1.54) is 33.0 Å². The molecule has 0 saturated carbocycles. The second-order valence-corrected chi connectivity index (χ2v) is 14.1. The SMILES string of the molecule is CC.CC1(C)c2ccccc2-c2cc3c4ccccc4n(-c4nc(-c5cccc(-c6ccccc6)c5)nc(-c5cccc(-c6ccccc6)c5)n4)c3cc21. The zero-order valence-corrected chi connectivity index (χ0v) is 31.0. The maximum atomic E-state index is 5.30. The van der Waals surface area contributed by atoms with Crippen molar-refractivity contribution < 1.29 is 0 Å². The molecule has 9 aromatic rings. The highest BCUT2D eigenvalue weighted by atomic mass is 15.2. The molecule has 0 N–H and O–H groups in total. The van der Waals surface area contributed by atoms with E-state index in [1.54, 1.807) is 0 Å². The maximum Gasteiger partial charge on any atom is 0.238 e. The van der Waals surface area contributed by atoms with Gasteiger partial charge in [-0.05, 0) is 74.8 Å². The summed E-state index contributed by atoms with van der Waals surface area (Å²) in [5.74, 6) is 1.85. The summed E-state index contributed by atoms with van der Waals surface area (Å²) in [6.45, 7) is 8.66. The quantitative estimate of drug-likeness (QED) is 0.180. The van der Waals surface area contributed by atoms with E-state index in [1.807, 2.05) is 26.0 Å². The zero-order chi connectivity index (χ0) is 36.8. The number of aromatic nitrogens is 4. The lowest BCUT2D eigenvalue weighted by Gasteiger charge is -2.21. The van der Waals surface area contributed by atoms with E-state index in [4.69, 9.17) is 15.0 Å². The highest BCUT2D eigenvalue weighted by Gasteiger charge is 2.36. The summed E-state index contributed by atoms with van der Waals surface area (Å²) in [6, 6.07) is 60.1. The van der Waals surface area contributed by atoms with Crippen LogP contribution in [0.15, 0.2) is 170 Å². The van der Waals surface area contributed by atoms with Crippen molar-refractivity contribution in [1.29, 1.82) is 0 Å². The highest BCUT2D eigenvalue weighted by Crippen LogP contribution is 2.51. The van der Waals surface area contributed by atoms with Crippen molar-refractivity contribution in [2.24, 2.45) is 0 Å². The third-order valence-corrected chi connectivity index (χ3v) is 10.7. The van der Waals surface area contributed by atoms with Crippen molar-refractivity contribution in [3.8, 4) is 62.1 Å². The van der Waals surface area contributed by atoms with Gasteiger partial charge in [0.2, 0.25) is 5.95 Å². The van der Waals surface area contributed by atoms with Crippen molar-refractivity contribution in [3.63, 3.8) is 0 Å². The van der Waals surface area contributed by atoms with Gasteiger partial charge >= 0.3 is 0 Å². The van der Waals surface area contributed by atoms with E-state index < -0.39 is 0 Å². The average molecular weight is 697 g/mol. The molecule has 0 fully saturated rings. The molecule has 260 valence electrons. The largest absolute Gasteiger partial charge is 0.278 e. The second-order valence-electron chi connectivity index (χ2n) is 14.1. The number of hydrogen-bond donors (Lipinski definition) is 0. The van der Waals surface area contributed by atoms with Crippen molar-refractivity contribution in [2.45, 2.75) is 33.1 Å². The van der Waals surface area contributed by atoms with Gasteiger partial charge in [0.05, 0.1) is 11.0 Å². The molecule has 0 radical (unpaired) electrons. The van der Waals surface area contributed by atoms with Crippen LogP contribution in [0, 0.1) is 0 Å². The molecule has 0 aliphatic heterocycles. The number of fused-ring (bicyclic) bond motifs is 6. The molecule has 4 nitrogen and oxygen atoms in total. The van der Waals surface area contributed by atoms with E-state index >= 15 is 0 Å². The zero-order valence-electron chi connectivity index (χ0n) is 31.0. The van der Waals surface area contributed by atoms with Crippen molar-refractivity contribution in [2.75, 3.05) is 0 Å². The first-order valence-corrected chi connectivity index (χ1v) is 18.8. The van der Waals surface area contributed by atoms with Gasteiger partial charge in [-0.2, -0.15) is 9.97 Å². The van der Waals surface area contributed by atoms with Crippen molar-refractivity contribution in [1.82, 2.24) is 19.5 Å². The first-order valence-electron chi connectivity index (χ1n) is 18.8. The number of nitrogens with zero attached hydrogens (tertiary/aromatic N) is 4. The first-order chi connectivity index (χ1) is 26.5. The molecule has 2 aromatic heterocycles. The van der Waals surface area contributed by atoms with Crippen LogP contribution in [-0.2, 0) is 5.41 Å². The topological polar surface area (TPSA) is 43.6 Å². The Labute approximate surface area is 316 Å². The van der Waals surface area contributed by atoms with Gasteiger partial charge in [0.25, 0.3) is 0 Å². The van der Waals surface area contributed by atoms with Crippen LogP contribution in [0.4, 0.5) is 0 Å². The van der Waals surface area contributed by atoms with Crippen LogP contribution >= 0.6 is 0 Å². The van der Waals surface area contributed by atoms with Gasteiger partial charge in [-0.25, -0.2) is 4.98 Å². The number of rotatable bonds is 5. The molecule has 0 spiro atoms. The molecule has 0 unspecified atom stereocenters. The fourth-order valence-electron chi connectivity index (χ4n) is 8.04. The van der Waals surface area contributed by atoms with Gasteiger partial charge < -0.3 is 0 Å². The third kappa shape index (κ3) is 5.50. The highest BCUT2D eigenvalue weighted by molar-refractivity contribution is 6.11. The van der Waals surface area contributed by atoms with E-state index in [-0.39, 0.29) is 5.41 Å². The summed E-state index contributed by atoms with van der Waals surface area (Å²) >= 11 is 0. The molecule has 4 heteroatoms. The summed E-state index contributed by atoms with van der Waals surface area (Å²) in [7, 11) is 0. The Hall–Kier alpha value is -6.65. The molecule has 1 aliphatic rings. The summed E-state index contributed by atoms with van der Waals surface area (Å²) in [6.07, 6.45) is 0. The number of hydrogen-bond acceptors (Lipinski definition) is 3. The van der Waals surface area contributed by atoms with Gasteiger partial charge in [0.1, 0.15) is 0 Å². The predicted molar refractivity (Wildman–Crippen MR) is 225 cm³/mol. The van der Waals surface area contributed by atoms with E-state index in [2.05, 4.69) is 176 Å². The summed E-state index contributed by atoms with van der Waals surface area (Å²) in [5.41, 5.74) is 13.7. The van der Waals surface area contributed by atoms with E-state index in [0.29, 0.717) is 17.6 Å². The minimum Gasteiger partial charge on any atom is -0.278 e. The molecule has 0 amide bonds. The van der Waals surface area contributed by atoms with Gasteiger partial charge in [0, 0.05) is 27.3 Å². The van der Waals surface area contributed by atoms with Crippen molar-refractivity contribution in [3.05, 3.63) is 181 Å². The molecular weight excluding hydrogens is 657 g/mol. The van der Waals surface area contributed by atoms with Crippen LogP contribution in [0.1, 0.15) is 38.8 Å². The first kappa shape index (κ1) is 33.2. The molecule has 0 saturated heterocycles.